The molecule has 7 heteroatoms. The van der Waals surface area contributed by atoms with Crippen LogP contribution in [0, 0.1) is 6.92 Å². The summed E-state index contributed by atoms with van der Waals surface area (Å²) in [5.74, 6) is 2.14. The van der Waals surface area contributed by atoms with Gasteiger partial charge in [0.15, 0.2) is 6.61 Å². The number of pyridine rings is 1. The predicted molar refractivity (Wildman–Crippen MR) is 117 cm³/mol. The molecular formula is C24H28N4O3. The lowest BCUT2D eigenvalue weighted by atomic mass is 9.98. The third kappa shape index (κ3) is 4.93. The molecule has 0 bridgehead atoms. The summed E-state index contributed by atoms with van der Waals surface area (Å²) >= 11 is 0. The van der Waals surface area contributed by atoms with Crippen LogP contribution in [0.3, 0.4) is 0 Å². The normalized spacial score (nSPS) is 16.5. The van der Waals surface area contributed by atoms with Gasteiger partial charge in [0.25, 0.3) is 5.91 Å². The number of benzene rings is 1. The fraction of sp³-hybridized carbons (Fsp3) is 0.417. The molecule has 2 aromatic heterocycles. The van der Waals surface area contributed by atoms with Crippen molar-refractivity contribution in [2.75, 3.05) is 19.7 Å². The van der Waals surface area contributed by atoms with Gasteiger partial charge in [0.1, 0.15) is 5.75 Å². The third-order valence-corrected chi connectivity index (χ3v) is 5.61. The summed E-state index contributed by atoms with van der Waals surface area (Å²) in [4.78, 5) is 18.9. The highest BCUT2D eigenvalue weighted by molar-refractivity contribution is 5.78. The van der Waals surface area contributed by atoms with Crippen molar-refractivity contribution in [1.82, 2.24) is 20.1 Å². The smallest absolute Gasteiger partial charge is 0.260 e. The molecule has 4 rings (SSSR count). The minimum absolute atomic E-state index is 0.0225. The molecule has 162 valence electrons. The van der Waals surface area contributed by atoms with Crippen molar-refractivity contribution in [2.24, 2.45) is 0 Å². The van der Waals surface area contributed by atoms with Gasteiger partial charge < -0.3 is 14.1 Å². The second kappa shape index (κ2) is 9.29. The monoisotopic (exact) mass is 420 g/mol. The van der Waals surface area contributed by atoms with Gasteiger partial charge in [0.05, 0.1) is 11.5 Å². The highest BCUT2D eigenvalue weighted by Gasteiger charge is 2.29. The minimum Gasteiger partial charge on any atom is -0.483 e. The first-order chi connectivity index (χ1) is 15.0. The van der Waals surface area contributed by atoms with Gasteiger partial charge in [-0.2, -0.15) is 0 Å². The van der Waals surface area contributed by atoms with E-state index in [1.54, 1.807) is 6.20 Å². The number of para-hydroxylation sites is 1. The second-order valence-corrected chi connectivity index (χ2v) is 8.29. The number of ether oxygens (including phenoxy) is 1. The Morgan fingerprint density at radius 2 is 2.06 bits per heavy atom. The van der Waals surface area contributed by atoms with Gasteiger partial charge in [-0.1, -0.05) is 32.0 Å². The Kier molecular flexibility index (Phi) is 6.30. The molecule has 1 aliphatic heterocycles. The van der Waals surface area contributed by atoms with Crippen LogP contribution in [-0.2, 0) is 4.79 Å². The molecule has 31 heavy (non-hydrogen) atoms. The van der Waals surface area contributed by atoms with Crippen molar-refractivity contribution in [2.45, 2.75) is 45.4 Å². The van der Waals surface area contributed by atoms with E-state index in [2.05, 4.69) is 29.0 Å². The quantitative estimate of drug-likeness (QED) is 0.590. The summed E-state index contributed by atoms with van der Waals surface area (Å²) in [7, 11) is 0. The van der Waals surface area contributed by atoms with Crippen LogP contribution in [0.4, 0.5) is 0 Å². The number of carbonyl (C=O) groups excluding carboxylic acids is 1. The fourth-order valence-corrected chi connectivity index (χ4v) is 3.84. The molecule has 0 saturated carbocycles. The molecular weight excluding hydrogens is 392 g/mol. The zero-order valence-electron chi connectivity index (χ0n) is 18.2. The highest BCUT2D eigenvalue weighted by atomic mass is 16.5. The van der Waals surface area contributed by atoms with E-state index < -0.39 is 0 Å². The molecule has 1 saturated heterocycles. The van der Waals surface area contributed by atoms with E-state index in [4.69, 9.17) is 9.15 Å². The van der Waals surface area contributed by atoms with Crippen molar-refractivity contribution in [1.29, 1.82) is 0 Å². The molecule has 0 spiro atoms. The molecule has 3 aromatic rings. The molecule has 7 nitrogen and oxygen atoms in total. The summed E-state index contributed by atoms with van der Waals surface area (Å²) in [5, 5.41) is 8.42. The molecule has 3 heterocycles. The SMILES string of the molecule is Cc1ccc(-c2nnc([C@@H]3CCCN(C(=O)COc4ccccc4C(C)C)C3)o2)cn1. The van der Waals surface area contributed by atoms with Crippen molar-refractivity contribution in [3.63, 3.8) is 0 Å². The molecule has 0 N–H and O–H groups in total. The molecule has 1 fully saturated rings. The van der Waals surface area contributed by atoms with Gasteiger partial charge in [-0.15, -0.1) is 10.2 Å². The van der Waals surface area contributed by atoms with Crippen LogP contribution in [0.25, 0.3) is 11.5 Å². The Morgan fingerprint density at radius 1 is 1.23 bits per heavy atom. The summed E-state index contributed by atoms with van der Waals surface area (Å²) in [6.45, 7) is 7.46. The maximum absolute atomic E-state index is 12.8. The number of carbonyl (C=O) groups is 1. The lowest BCUT2D eigenvalue weighted by molar-refractivity contribution is -0.134. The average molecular weight is 421 g/mol. The largest absolute Gasteiger partial charge is 0.483 e. The van der Waals surface area contributed by atoms with Crippen LogP contribution in [0.1, 0.15) is 55.7 Å². The Hall–Kier alpha value is -3.22. The van der Waals surface area contributed by atoms with Gasteiger partial charge in [-0.3, -0.25) is 9.78 Å². The van der Waals surface area contributed by atoms with Crippen LogP contribution >= 0.6 is 0 Å². The van der Waals surface area contributed by atoms with Crippen molar-refractivity contribution >= 4 is 5.91 Å². The van der Waals surface area contributed by atoms with E-state index in [0.29, 0.717) is 30.8 Å². The number of nitrogens with zero attached hydrogens (tertiary/aromatic N) is 4. The summed E-state index contributed by atoms with van der Waals surface area (Å²) in [6, 6.07) is 11.7. The van der Waals surface area contributed by atoms with E-state index in [0.717, 1.165) is 35.4 Å². The minimum atomic E-state index is -0.0225. The molecule has 0 aliphatic carbocycles. The van der Waals surface area contributed by atoms with E-state index in [-0.39, 0.29) is 18.4 Å². The molecule has 0 radical (unpaired) electrons. The van der Waals surface area contributed by atoms with Crippen LogP contribution in [0.2, 0.25) is 0 Å². The summed E-state index contributed by atoms with van der Waals surface area (Å²) in [6.07, 6.45) is 3.53. The molecule has 0 unspecified atom stereocenters. The molecule has 1 aromatic carbocycles. The average Bonchev–Trinajstić information content (AvgIpc) is 3.28. The lowest BCUT2D eigenvalue weighted by Gasteiger charge is -2.31. The van der Waals surface area contributed by atoms with Gasteiger partial charge in [-0.05, 0) is 49.4 Å². The number of rotatable bonds is 6. The zero-order valence-corrected chi connectivity index (χ0v) is 18.2. The summed E-state index contributed by atoms with van der Waals surface area (Å²) < 4.78 is 11.8. The Bertz CT molecular complexity index is 1030. The molecule has 1 aliphatic rings. The van der Waals surface area contributed by atoms with Crippen LogP contribution in [0.15, 0.2) is 47.0 Å². The standard InChI is InChI=1S/C24H28N4O3/c1-16(2)20-8-4-5-9-21(20)30-15-22(29)28-12-6-7-19(14-28)24-27-26-23(31-24)18-11-10-17(3)25-13-18/h4-5,8-11,13,16,19H,6-7,12,14-15H2,1-3H3/t19-/m1/s1. The van der Waals surface area contributed by atoms with Crippen molar-refractivity contribution in [3.8, 4) is 17.2 Å². The Labute approximate surface area is 182 Å². The summed E-state index contributed by atoms with van der Waals surface area (Å²) in [5.41, 5.74) is 2.84. The Balaban J connectivity index is 1.38. The first-order valence-corrected chi connectivity index (χ1v) is 10.8. The predicted octanol–water partition coefficient (Wildman–Crippen LogP) is 4.35. The maximum Gasteiger partial charge on any atom is 0.260 e. The maximum atomic E-state index is 12.8. The van der Waals surface area contributed by atoms with Crippen LogP contribution in [0.5, 0.6) is 5.75 Å². The first kappa shape index (κ1) is 21.0. The number of piperidine rings is 1. The van der Waals surface area contributed by atoms with Crippen LogP contribution < -0.4 is 4.74 Å². The van der Waals surface area contributed by atoms with Gasteiger partial charge in [-0.25, -0.2) is 0 Å². The number of likely N-dealkylation sites (tertiary alicyclic amines) is 1. The van der Waals surface area contributed by atoms with Crippen molar-refractivity contribution < 1.29 is 13.9 Å². The molecule has 1 amide bonds. The van der Waals surface area contributed by atoms with Crippen LogP contribution in [-0.4, -0.2) is 45.7 Å². The number of aryl methyl sites for hydroxylation is 1. The Morgan fingerprint density at radius 3 is 2.84 bits per heavy atom. The number of hydrogen-bond donors (Lipinski definition) is 0. The number of aromatic nitrogens is 3. The van der Waals surface area contributed by atoms with E-state index >= 15 is 0 Å². The van der Waals surface area contributed by atoms with E-state index in [9.17, 15) is 4.79 Å². The highest BCUT2D eigenvalue weighted by Crippen LogP contribution is 2.29. The number of hydrogen-bond acceptors (Lipinski definition) is 6. The number of amides is 1. The van der Waals surface area contributed by atoms with Crippen molar-refractivity contribution in [3.05, 3.63) is 59.7 Å². The van der Waals surface area contributed by atoms with Gasteiger partial charge in [0, 0.05) is 25.0 Å². The third-order valence-electron chi connectivity index (χ3n) is 5.61. The van der Waals surface area contributed by atoms with E-state index in [1.807, 2.05) is 48.2 Å². The lowest BCUT2D eigenvalue weighted by Crippen LogP contribution is -2.41. The van der Waals surface area contributed by atoms with Gasteiger partial charge in [0.2, 0.25) is 11.8 Å². The fourth-order valence-electron chi connectivity index (χ4n) is 3.84. The second-order valence-electron chi connectivity index (χ2n) is 8.29. The molecule has 1 atom stereocenters. The zero-order chi connectivity index (χ0) is 21.8. The van der Waals surface area contributed by atoms with Gasteiger partial charge >= 0.3 is 0 Å². The van der Waals surface area contributed by atoms with E-state index in [1.165, 1.54) is 0 Å². The first-order valence-electron chi connectivity index (χ1n) is 10.8. The topological polar surface area (TPSA) is 81.4 Å².